The van der Waals surface area contributed by atoms with Gasteiger partial charge in [0.15, 0.2) is 6.61 Å². The molecule has 1 aliphatic carbocycles. The highest BCUT2D eigenvalue weighted by molar-refractivity contribution is 5.77. The van der Waals surface area contributed by atoms with Gasteiger partial charge < -0.3 is 19.9 Å². The molecular weight excluding hydrogens is 330 g/mol. The maximum absolute atomic E-state index is 12.1. The van der Waals surface area contributed by atoms with Gasteiger partial charge >= 0.3 is 0 Å². The Bertz CT molecular complexity index is 789. The first-order valence-corrected chi connectivity index (χ1v) is 8.86. The van der Waals surface area contributed by atoms with Crippen LogP contribution in [-0.4, -0.2) is 31.3 Å². The summed E-state index contributed by atoms with van der Waals surface area (Å²) in [6.45, 7) is 2.06. The van der Waals surface area contributed by atoms with Gasteiger partial charge in [0.05, 0.1) is 13.7 Å². The Morgan fingerprint density at radius 2 is 2.08 bits per heavy atom. The summed E-state index contributed by atoms with van der Waals surface area (Å²) >= 11 is 0. The predicted molar refractivity (Wildman–Crippen MR) is 99.5 cm³/mol. The number of fused-ring (bicyclic) bond motifs is 1. The summed E-state index contributed by atoms with van der Waals surface area (Å²) in [5.74, 6) is 1.19. The lowest BCUT2D eigenvalue weighted by Gasteiger charge is -2.34. The van der Waals surface area contributed by atoms with Crippen LogP contribution in [-0.2, 0) is 16.8 Å². The van der Waals surface area contributed by atoms with E-state index in [-0.39, 0.29) is 19.1 Å². The molecule has 1 atom stereocenters. The average molecular weight is 355 g/mol. The molecule has 0 saturated heterocycles. The van der Waals surface area contributed by atoms with Crippen molar-refractivity contribution < 1.29 is 19.4 Å². The summed E-state index contributed by atoms with van der Waals surface area (Å²) in [5.41, 5.74) is 1.96. The molecule has 0 spiro atoms. The number of ether oxygens (including phenoxy) is 2. The van der Waals surface area contributed by atoms with E-state index in [1.807, 2.05) is 49.4 Å². The van der Waals surface area contributed by atoms with Crippen LogP contribution in [0.2, 0.25) is 0 Å². The van der Waals surface area contributed by atoms with Crippen molar-refractivity contribution in [2.24, 2.45) is 0 Å². The van der Waals surface area contributed by atoms with Crippen molar-refractivity contribution in [3.05, 3.63) is 59.2 Å². The molecular formula is C21H25NO4. The van der Waals surface area contributed by atoms with E-state index in [4.69, 9.17) is 9.47 Å². The highest BCUT2D eigenvalue weighted by Gasteiger charge is 2.34. The lowest BCUT2D eigenvalue weighted by molar-refractivity contribution is -0.124. The third kappa shape index (κ3) is 4.17. The summed E-state index contributed by atoms with van der Waals surface area (Å²) in [7, 11) is 1.63. The first-order valence-electron chi connectivity index (χ1n) is 8.86. The van der Waals surface area contributed by atoms with Gasteiger partial charge in [-0.15, -0.1) is 0 Å². The van der Waals surface area contributed by atoms with Crippen molar-refractivity contribution in [2.45, 2.75) is 31.8 Å². The Morgan fingerprint density at radius 3 is 2.85 bits per heavy atom. The van der Waals surface area contributed by atoms with Gasteiger partial charge in [0.1, 0.15) is 17.1 Å². The first kappa shape index (κ1) is 18.3. The van der Waals surface area contributed by atoms with Crippen LogP contribution in [0.25, 0.3) is 0 Å². The van der Waals surface area contributed by atoms with Gasteiger partial charge in [-0.2, -0.15) is 0 Å². The van der Waals surface area contributed by atoms with Gasteiger partial charge in [0, 0.05) is 0 Å². The van der Waals surface area contributed by atoms with Crippen LogP contribution in [0.15, 0.2) is 42.5 Å². The SMILES string of the molecule is COc1ccc2c(c1)CCCC2(O)CNC(=O)COc1cccc(C)c1. The Hall–Kier alpha value is -2.53. The van der Waals surface area contributed by atoms with Gasteiger partial charge in [0.25, 0.3) is 5.91 Å². The molecule has 0 saturated carbocycles. The minimum Gasteiger partial charge on any atom is -0.497 e. The normalized spacial score (nSPS) is 18.7. The second-order valence-electron chi connectivity index (χ2n) is 6.79. The molecule has 0 aliphatic heterocycles. The molecule has 26 heavy (non-hydrogen) atoms. The number of amides is 1. The van der Waals surface area contributed by atoms with Gasteiger partial charge in [-0.05, 0) is 67.1 Å². The highest BCUT2D eigenvalue weighted by Crippen LogP contribution is 2.36. The van der Waals surface area contributed by atoms with Gasteiger partial charge in [-0.3, -0.25) is 4.79 Å². The predicted octanol–water partition coefficient (Wildman–Crippen LogP) is 2.72. The maximum Gasteiger partial charge on any atom is 0.258 e. The van der Waals surface area contributed by atoms with Crippen molar-refractivity contribution in [3.63, 3.8) is 0 Å². The van der Waals surface area contributed by atoms with E-state index < -0.39 is 5.60 Å². The van der Waals surface area contributed by atoms with Crippen LogP contribution in [0.5, 0.6) is 11.5 Å². The van der Waals surface area contributed by atoms with Gasteiger partial charge in [-0.25, -0.2) is 0 Å². The largest absolute Gasteiger partial charge is 0.497 e. The van der Waals surface area contributed by atoms with Gasteiger partial charge in [0.2, 0.25) is 0 Å². The van der Waals surface area contributed by atoms with E-state index in [0.29, 0.717) is 12.2 Å². The third-order valence-electron chi connectivity index (χ3n) is 4.79. The Kier molecular flexibility index (Phi) is 5.47. The standard InChI is InChI=1S/C21H25NO4/c1-15-5-3-7-18(11-15)26-13-20(23)22-14-21(24)10-4-6-16-12-17(25-2)8-9-19(16)21/h3,5,7-9,11-12,24H,4,6,10,13-14H2,1-2H3,(H,22,23). The van der Waals surface area contributed by atoms with Crippen LogP contribution in [0.1, 0.15) is 29.5 Å². The Morgan fingerprint density at radius 1 is 1.23 bits per heavy atom. The average Bonchev–Trinajstić information content (AvgIpc) is 2.65. The zero-order valence-corrected chi connectivity index (χ0v) is 15.2. The number of aryl methyl sites for hydroxylation is 2. The zero-order valence-electron chi connectivity index (χ0n) is 15.2. The van der Waals surface area contributed by atoms with Gasteiger partial charge in [-0.1, -0.05) is 18.2 Å². The quantitative estimate of drug-likeness (QED) is 0.836. The van der Waals surface area contributed by atoms with Crippen LogP contribution in [0, 0.1) is 6.92 Å². The van der Waals surface area contributed by atoms with Crippen molar-refractivity contribution in [2.75, 3.05) is 20.3 Å². The number of benzene rings is 2. The molecule has 138 valence electrons. The molecule has 1 amide bonds. The van der Waals surface area contributed by atoms with E-state index in [9.17, 15) is 9.90 Å². The second-order valence-corrected chi connectivity index (χ2v) is 6.79. The molecule has 1 aliphatic rings. The number of hydrogen-bond donors (Lipinski definition) is 2. The fraction of sp³-hybridized carbons (Fsp3) is 0.381. The lowest BCUT2D eigenvalue weighted by atomic mass is 9.79. The van der Waals surface area contributed by atoms with E-state index in [2.05, 4.69) is 5.32 Å². The molecule has 2 aromatic carbocycles. The van der Waals surface area contributed by atoms with E-state index in [1.165, 1.54) is 0 Å². The fourth-order valence-corrected chi connectivity index (χ4v) is 3.40. The molecule has 3 rings (SSSR count). The highest BCUT2D eigenvalue weighted by atomic mass is 16.5. The number of methoxy groups -OCH3 is 1. The molecule has 5 heteroatoms. The molecule has 0 heterocycles. The summed E-state index contributed by atoms with van der Waals surface area (Å²) in [4.78, 5) is 12.1. The molecule has 2 N–H and O–H groups in total. The molecule has 5 nitrogen and oxygen atoms in total. The number of nitrogens with one attached hydrogen (secondary N) is 1. The summed E-state index contributed by atoms with van der Waals surface area (Å²) in [5, 5.41) is 13.9. The summed E-state index contributed by atoms with van der Waals surface area (Å²) in [6.07, 6.45) is 2.39. The number of hydrogen-bond acceptors (Lipinski definition) is 4. The molecule has 0 radical (unpaired) electrons. The maximum atomic E-state index is 12.1. The van der Waals surface area contributed by atoms with Crippen molar-refractivity contribution >= 4 is 5.91 Å². The molecule has 0 aromatic heterocycles. The first-order chi connectivity index (χ1) is 12.5. The van der Waals surface area contributed by atoms with Crippen LogP contribution < -0.4 is 14.8 Å². The van der Waals surface area contributed by atoms with Crippen LogP contribution >= 0.6 is 0 Å². The van der Waals surface area contributed by atoms with E-state index >= 15 is 0 Å². The number of carbonyl (C=O) groups excluding carboxylic acids is 1. The Balaban J connectivity index is 1.60. The molecule has 0 fully saturated rings. The minimum atomic E-state index is -1.06. The molecule has 0 bridgehead atoms. The number of aliphatic hydroxyl groups is 1. The fourth-order valence-electron chi connectivity index (χ4n) is 3.40. The van der Waals surface area contributed by atoms with Crippen LogP contribution in [0.4, 0.5) is 0 Å². The lowest BCUT2D eigenvalue weighted by Crippen LogP contribution is -2.44. The topological polar surface area (TPSA) is 67.8 Å². The zero-order chi connectivity index (χ0) is 18.6. The smallest absolute Gasteiger partial charge is 0.258 e. The minimum absolute atomic E-state index is 0.0744. The number of rotatable bonds is 6. The molecule has 2 aromatic rings. The van der Waals surface area contributed by atoms with Crippen molar-refractivity contribution in [3.8, 4) is 11.5 Å². The summed E-state index contributed by atoms with van der Waals surface area (Å²) in [6, 6.07) is 13.3. The Labute approximate surface area is 153 Å². The van der Waals surface area contributed by atoms with Crippen LogP contribution in [0.3, 0.4) is 0 Å². The second kappa shape index (κ2) is 7.79. The van der Waals surface area contributed by atoms with E-state index in [0.717, 1.165) is 35.3 Å². The van der Waals surface area contributed by atoms with Crippen molar-refractivity contribution in [1.29, 1.82) is 0 Å². The monoisotopic (exact) mass is 355 g/mol. The molecule has 1 unspecified atom stereocenters. The number of carbonyl (C=O) groups is 1. The third-order valence-corrected chi connectivity index (χ3v) is 4.79. The summed E-state index contributed by atoms with van der Waals surface area (Å²) < 4.78 is 10.8. The van der Waals surface area contributed by atoms with E-state index in [1.54, 1.807) is 7.11 Å². The van der Waals surface area contributed by atoms with Crippen molar-refractivity contribution in [1.82, 2.24) is 5.32 Å².